The zero-order valence-electron chi connectivity index (χ0n) is 9.98. The lowest BCUT2D eigenvalue weighted by atomic mass is 10.2. The van der Waals surface area contributed by atoms with Crippen molar-refractivity contribution in [2.24, 2.45) is 0 Å². The first-order chi connectivity index (χ1) is 8.40. The Labute approximate surface area is 106 Å². The molecule has 1 rings (SSSR count). The Bertz CT molecular complexity index is 564. The molecule has 6 heteroatoms. The second-order valence-electron chi connectivity index (χ2n) is 3.82. The van der Waals surface area contributed by atoms with Crippen molar-refractivity contribution in [3.05, 3.63) is 24.0 Å². The molecule has 98 valence electrons. The number of hydrogen-bond acceptors (Lipinski definition) is 3. The first kappa shape index (κ1) is 14.5. The van der Waals surface area contributed by atoms with E-state index in [0.717, 1.165) is 6.07 Å². The summed E-state index contributed by atoms with van der Waals surface area (Å²) in [6.07, 6.45) is 5.99. The molecule has 0 bridgehead atoms. The fourth-order valence-electron chi connectivity index (χ4n) is 1.37. The number of hydrogen-bond donors (Lipinski definition) is 2. The molecule has 0 saturated heterocycles. The first-order valence-corrected chi connectivity index (χ1v) is 6.89. The molecule has 1 unspecified atom stereocenters. The Morgan fingerprint density at radius 2 is 2.22 bits per heavy atom. The topological polar surface area (TPSA) is 72.2 Å². The third kappa shape index (κ3) is 3.45. The van der Waals surface area contributed by atoms with Crippen LogP contribution in [0.2, 0.25) is 0 Å². The number of anilines is 1. The van der Waals surface area contributed by atoms with Gasteiger partial charge in [-0.05, 0) is 24.6 Å². The van der Waals surface area contributed by atoms with Crippen molar-refractivity contribution in [3.8, 4) is 12.3 Å². The van der Waals surface area contributed by atoms with Gasteiger partial charge in [-0.1, -0.05) is 6.92 Å². The summed E-state index contributed by atoms with van der Waals surface area (Å²) < 4.78 is 39.6. The summed E-state index contributed by atoms with van der Waals surface area (Å²) in [7, 11) is -3.77. The quantitative estimate of drug-likeness (QED) is 0.629. The van der Waals surface area contributed by atoms with Crippen LogP contribution < -0.4 is 10.5 Å². The molecule has 18 heavy (non-hydrogen) atoms. The van der Waals surface area contributed by atoms with E-state index in [1.54, 1.807) is 0 Å². The fraction of sp³-hybridized carbons (Fsp3) is 0.333. The molecule has 4 nitrogen and oxygen atoms in total. The lowest BCUT2D eigenvalue weighted by molar-refractivity contribution is 0.542. The van der Waals surface area contributed by atoms with Crippen molar-refractivity contribution in [1.29, 1.82) is 0 Å². The molecule has 0 amide bonds. The van der Waals surface area contributed by atoms with Crippen LogP contribution in [0.5, 0.6) is 0 Å². The van der Waals surface area contributed by atoms with Crippen molar-refractivity contribution < 1.29 is 12.8 Å². The molecule has 1 aromatic carbocycles. The van der Waals surface area contributed by atoms with Gasteiger partial charge in [0.25, 0.3) is 0 Å². The van der Waals surface area contributed by atoms with Crippen LogP contribution in [0.4, 0.5) is 10.1 Å². The van der Waals surface area contributed by atoms with Gasteiger partial charge in [0, 0.05) is 12.5 Å². The van der Waals surface area contributed by atoms with Gasteiger partial charge in [-0.2, -0.15) is 0 Å². The Balaban J connectivity index is 2.99. The molecule has 0 aliphatic rings. The van der Waals surface area contributed by atoms with Crippen molar-refractivity contribution >= 4 is 15.7 Å². The molecule has 0 saturated carbocycles. The maximum absolute atomic E-state index is 13.2. The van der Waals surface area contributed by atoms with Crippen molar-refractivity contribution in [2.45, 2.75) is 30.7 Å². The molecule has 3 N–H and O–H groups in total. The lowest BCUT2D eigenvalue weighted by Gasteiger charge is -2.14. The molecule has 0 spiro atoms. The number of nitrogen functional groups attached to an aromatic ring is 1. The Morgan fingerprint density at radius 3 is 2.72 bits per heavy atom. The van der Waals surface area contributed by atoms with Gasteiger partial charge in [-0.15, -0.1) is 12.3 Å². The van der Waals surface area contributed by atoms with Crippen LogP contribution in [0.1, 0.15) is 19.8 Å². The molecule has 0 aromatic heterocycles. The van der Waals surface area contributed by atoms with Crippen LogP contribution in [0.25, 0.3) is 0 Å². The van der Waals surface area contributed by atoms with Gasteiger partial charge in [0.1, 0.15) is 5.82 Å². The average molecular weight is 270 g/mol. The Kier molecular flexibility index (Phi) is 4.70. The van der Waals surface area contributed by atoms with E-state index in [1.165, 1.54) is 12.1 Å². The van der Waals surface area contributed by atoms with E-state index in [2.05, 4.69) is 10.6 Å². The normalized spacial score (nSPS) is 12.9. The smallest absolute Gasteiger partial charge is 0.240 e. The van der Waals surface area contributed by atoms with Gasteiger partial charge < -0.3 is 5.73 Å². The largest absolute Gasteiger partial charge is 0.396 e. The summed E-state index contributed by atoms with van der Waals surface area (Å²) >= 11 is 0. The number of halogens is 1. The molecular weight excluding hydrogens is 255 g/mol. The highest BCUT2D eigenvalue weighted by atomic mass is 32.2. The predicted octanol–water partition coefficient (Wildman–Crippen LogP) is 1.49. The summed E-state index contributed by atoms with van der Waals surface area (Å²) in [5.41, 5.74) is 5.20. The van der Waals surface area contributed by atoms with E-state index in [-0.39, 0.29) is 23.0 Å². The second-order valence-corrected chi connectivity index (χ2v) is 5.53. The van der Waals surface area contributed by atoms with Crippen LogP contribution in [0.15, 0.2) is 23.1 Å². The zero-order chi connectivity index (χ0) is 13.8. The van der Waals surface area contributed by atoms with E-state index in [9.17, 15) is 12.8 Å². The molecule has 0 radical (unpaired) electrons. The lowest BCUT2D eigenvalue weighted by Crippen LogP contribution is -2.34. The fourth-order valence-corrected chi connectivity index (χ4v) is 2.70. The molecule has 0 aliphatic carbocycles. The minimum atomic E-state index is -3.77. The summed E-state index contributed by atoms with van der Waals surface area (Å²) in [6, 6.07) is 3.00. The van der Waals surface area contributed by atoms with E-state index < -0.39 is 15.8 Å². The number of rotatable bonds is 5. The highest BCUT2D eigenvalue weighted by Gasteiger charge is 2.19. The number of sulfonamides is 1. The molecule has 0 aliphatic heterocycles. The van der Waals surface area contributed by atoms with E-state index >= 15 is 0 Å². The maximum atomic E-state index is 13.2. The van der Waals surface area contributed by atoms with Gasteiger partial charge in [0.2, 0.25) is 10.0 Å². The molecule has 1 atom stereocenters. The first-order valence-electron chi connectivity index (χ1n) is 5.41. The predicted molar refractivity (Wildman–Crippen MR) is 68.7 cm³/mol. The van der Waals surface area contributed by atoms with Crippen LogP contribution in [-0.2, 0) is 10.0 Å². The van der Waals surface area contributed by atoms with Crippen molar-refractivity contribution in [2.75, 3.05) is 5.73 Å². The summed E-state index contributed by atoms with van der Waals surface area (Å²) in [4.78, 5) is -0.162. The van der Waals surface area contributed by atoms with Crippen molar-refractivity contribution in [1.82, 2.24) is 4.72 Å². The highest BCUT2D eigenvalue weighted by Crippen LogP contribution is 2.17. The number of nitrogens with one attached hydrogen (secondary N) is 1. The van der Waals surface area contributed by atoms with Gasteiger partial charge in [0.05, 0.1) is 10.6 Å². The number of nitrogens with two attached hydrogens (primary N) is 1. The monoisotopic (exact) mass is 270 g/mol. The van der Waals surface area contributed by atoms with Crippen molar-refractivity contribution in [3.63, 3.8) is 0 Å². The highest BCUT2D eigenvalue weighted by molar-refractivity contribution is 7.89. The van der Waals surface area contributed by atoms with Gasteiger partial charge in [0.15, 0.2) is 0 Å². The minimum Gasteiger partial charge on any atom is -0.396 e. The van der Waals surface area contributed by atoms with E-state index in [0.29, 0.717) is 6.42 Å². The molecule has 0 heterocycles. The van der Waals surface area contributed by atoms with E-state index in [1.807, 2.05) is 6.92 Å². The van der Waals surface area contributed by atoms with Gasteiger partial charge >= 0.3 is 0 Å². The van der Waals surface area contributed by atoms with Crippen LogP contribution in [0, 0.1) is 18.2 Å². The van der Waals surface area contributed by atoms with Gasteiger partial charge in [-0.25, -0.2) is 17.5 Å². The third-order valence-corrected chi connectivity index (χ3v) is 3.98. The molecule has 0 fully saturated rings. The summed E-state index contributed by atoms with van der Waals surface area (Å²) in [5, 5.41) is 0. The standard InChI is InChI=1S/C12H15FN2O2S/c1-3-5-9(4-2)15-18(16,17)10-6-7-12(14)11(13)8-10/h1,6-9,15H,4-5,14H2,2H3. The average Bonchev–Trinajstić information content (AvgIpc) is 2.31. The Hall–Kier alpha value is -1.58. The summed E-state index contributed by atoms with van der Waals surface area (Å²) in [6.45, 7) is 1.81. The van der Waals surface area contributed by atoms with Crippen LogP contribution >= 0.6 is 0 Å². The van der Waals surface area contributed by atoms with E-state index in [4.69, 9.17) is 12.2 Å². The molecular formula is C12H15FN2O2S. The number of terminal acetylenes is 1. The SMILES string of the molecule is C#CCC(CC)NS(=O)(=O)c1ccc(N)c(F)c1. The van der Waals surface area contributed by atoms with Crippen LogP contribution in [0.3, 0.4) is 0 Å². The third-order valence-electron chi connectivity index (χ3n) is 2.46. The van der Waals surface area contributed by atoms with Crippen LogP contribution in [-0.4, -0.2) is 14.5 Å². The maximum Gasteiger partial charge on any atom is 0.240 e. The zero-order valence-corrected chi connectivity index (χ0v) is 10.8. The summed E-state index contributed by atoms with van der Waals surface area (Å²) in [5.74, 6) is 1.63. The second kappa shape index (κ2) is 5.85. The Morgan fingerprint density at radius 1 is 1.56 bits per heavy atom. The minimum absolute atomic E-state index is 0.0929. The number of benzene rings is 1. The van der Waals surface area contributed by atoms with Gasteiger partial charge in [-0.3, -0.25) is 0 Å². The molecule has 1 aromatic rings.